The van der Waals surface area contributed by atoms with Crippen molar-refractivity contribution in [3.8, 4) is 5.75 Å². The Kier molecular flexibility index (Phi) is 7.41. The molecule has 1 N–H and O–H groups in total. The highest BCUT2D eigenvalue weighted by Crippen LogP contribution is 2.15. The van der Waals surface area contributed by atoms with Crippen molar-refractivity contribution < 1.29 is 13.5 Å². The van der Waals surface area contributed by atoms with Crippen LogP contribution in [0.3, 0.4) is 0 Å². The molecule has 0 aliphatic carbocycles. The van der Waals surface area contributed by atoms with Crippen molar-refractivity contribution in [2.45, 2.75) is 58.7 Å². The smallest absolute Gasteiger partial charge is 0.387 e. The van der Waals surface area contributed by atoms with E-state index in [1.165, 1.54) is 19.3 Å². The molecule has 0 saturated carbocycles. The van der Waals surface area contributed by atoms with E-state index in [2.05, 4.69) is 23.9 Å². The summed E-state index contributed by atoms with van der Waals surface area (Å²) in [5.74, 6) is 0.205. The second-order valence-corrected chi connectivity index (χ2v) is 4.65. The molecule has 0 bridgehead atoms. The topological polar surface area (TPSA) is 21.3 Å². The summed E-state index contributed by atoms with van der Waals surface area (Å²) in [5.41, 5.74) is 1.08. The molecule has 1 aromatic carbocycles. The molecule has 1 atom stereocenters. The summed E-state index contributed by atoms with van der Waals surface area (Å²) in [5, 5.41) is 3.49. The van der Waals surface area contributed by atoms with Crippen LogP contribution in [0.1, 0.15) is 45.1 Å². The van der Waals surface area contributed by atoms with E-state index in [-0.39, 0.29) is 5.75 Å². The minimum absolute atomic E-state index is 0.205. The van der Waals surface area contributed by atoms with Crippen LogP contribution < -0.4 is 10.1 Å². The standard InChI is InChI=1S/C15H23F2NO/c1-3-5-6-13(4-2)18-11-12-7-9-14(10-8-12)19-15(16)17/h7-10,13,15,18H,3-6,11H2,1-2H3. The van der Waals surface area contributed by atoms with Crippen molar-refractivity contribution in [2.75, 3.05) is 0 Å². The maximum absolute atomic E-state index is 12.0. The SMILES string of the molecule is CCCCC(CC)NCc1ccc(OC(F)F)cc1. The zero-order valence-corrected chi connectivity index (χ0v) is 11.7. The van der Waals surface area contributed by atoms with Crippen LogP contribution in [0.15, 0.2) is 24.3 Å². The number of nitrogens with one attached hydrogen (secondary N) is 1. The van der Waals surface area contributed by atoms with Gasteiger partial charge in [-0.15, -0.1) is 0 Å². The van der Waals surface area contributed by atoms with Gasteiger partial charge in [0.25, 0.3) is 0 Å². The summed E-state index contributed by atoms with van der Waals surface area (Å²) in [6.45, 7) is 2.36. The first-order chi connectivity index (χ1) is 9.15. The van der Waals surface area contributed by atoms with Crippen molar-refractivity contribution in [3.63, 3.8) is 0 Å². The van der Waals surface area contributed by atoms with E-state index in [1.807, 2.05) is 12.1 Å². The van der Waals surface area contributed by atoms with Crippen molar-refractivity contribution in [1.29, 1.82) is 0 Å². The minimum Gasteiger partial charge on any atom is -0.435 e. The lowest BCUT2D eigenvalue weighted by Gasteiger charge is -2.16. The van der Waals surface area contributed by atoms with E-state index < -0.39 is 6.61 Å². The summed E-state index contributed by atoms with van der Waals surface area (Å²) in [4.78, 5) is 0. The van der Waals surface area contributed by atoms with Gasteiger partial charge >= 0.3 is 6.61 Å². The Labute approximate surface area is 114 Å². The molecule has 1 aromatic rings. The van der Waals surface area contributed by atoms with E-state index in [4.69, 9.17) is 0 Å². The highest BCUT2D eigenvalue weighted by atomic mass is 19.3. The van der Waals surface area contributed by atoms with Gasteiger partial charge in [0.1, 0.15) is 5.75 Å². The summed E-state index contributed by atoms with van der Waals surface area (Å²) >= 11 is 0. The van der Waals surface area contributed by atoms with Gasteiger partial charge in [-0.2, -0.15) is 8.78 Å². The van der Waals surface area contributed by atoms with Gasteiger partial charge in [-0.1, -0.05) is 38.8 Å². The number of alkyl halides is 2. The lowest BCUT2D eigenvalue weighted by molar-refractivity contribution is -0.0498. The summed E-state index contributed by atoms with van der Waals surface area (Å²) in [6, 6.07) is 7.32. The zero-order valence-electron chi connectivity index (χ0n) is 11.7. The van der Waals surface area contributed by atoms with Crippen LogP contribution in [0.5, 0.6) is 5.75 Å². The quantitative estimate of drug-likeness (QED) is 0.721. The van der Waals surface area contributed by atoms with Gasteiger partial charge in [-0.25, -0.2) is 0 Å². The highest BCUT2D eigenvalue weighted by Gasteiger charge is 2.06. The largest absolute Gasteiger partial charge is 0.435 e. The average molecular weight is 271 g/mol. The number of benzene rings is 1. The molecule has 0 spiro atoms. The number of unbranched alkanes of at least 4 members (excludes halogenated alkanes) is 1. The molecule has 0 aromatic heterocycles. The van der Waals surface area contributed by atoms with E-state index in [0.717, 1.165) is 18.5 Å². The normalized spacial score (nSPS) is 12.7. The first-order valence-corrected chi connectivity index (χ1v) is 6.92. The number of ether oxygens (including phenoxy) is 1. The van der Waals surface area contributed by atoms with Gasteiger partial charge in [0.2, 0.25) is 0 Å². The van der Waals surface area contributed by atoms with Gasteiger partial charge in [0, 0.05) is 12.6 Å². The third-order valence-corrected chi connectivity index (χ3v) is 3.14. The van der Waals surface area contributed by atoms with Crippen LogP contribution in [-0.2, 0) is 6.54 Å². The number of halogens is 2. The second kappa shape index (κ2) is 8.86. The average Bonchev–Trinajstić information content (AvgIpc) is 2.40. The maximum Gasteiger partial charge on any atom is 0.387 e. The van der Waals surface area contributed by atoms with Crippen molar-refractivity contribution in [1.82, 2.24) is 5.32 Å². The third-order valence-electron chi connectivity index (χ3n) is 3.14. The number of rotatable bonds is 9. The molecule has 1 unspecified atom stereocenters. The molecule has 0 radical (unpaired) electrons. The Morgan fingerprint density at radius 1 is 1.16 bits per heavy atom. The molecule has 1 rings (SSSR count). The fourth-order valence-corrected chi connectivity index (χ4v) is 1.95. The molecule has 0 aliphatic heterocycles. The van der Waals surface area contributed by atoms with Crippen LogP contribution in [0, 0.1) is 0 Å². The van der Waals surface area contributed by atoms with Crippen LogP contribution in [0.25, 0.3) is 0 Å². The molecule has 0 fully saturated rings. The summed E-state index contributed by atoms with van der Waals surface area (Å²) < 4.78 is 28.3. The minimum atomic E-state index is -2.76. The van der Waals surface area contributed by atoms with E-state index in [0.29, 0.717) is 6.04 Å². The van der Waals surface area contributed by atoms with Gasteiger partial charge in [0.05, 0.1) is 0 Å². The predicted molar refractivity (Wildman–Crippen MR) is 73.5 cm³/mol. The summed E-state index contributed by atoms with van der Waals surface area (Å²) in [7, 11) is 0. The van der Waals surface area contributed by atoms with Crippen molar-refractivity contribution >= 4 is 0 Å². The van der Waals surface area contributed by atoms with Gasteiger partial charge < -0.3 is 10.1 Å². The molecule has 0 heterocycles. The highest BCUT2D eigenvalue weighted by molar-refractivity contribution is 5.27. The summed E-state index contributed by atoms with van der Waals surface area (Å²) in [6.07, 6.45) is 4.72. The first-order valence-electron chi connectivity index (χ1n) is 6.92. The Bertz CT molecular complexity index is 341. The van der Waals surface area contributed by atoms with E-state index >= 15 is 0 Å². The van der Waals surface area contributed by atoms with Gasteiger partial charge in [-0.05, 0) is 30.5 Å². The fourth-order valence-electron chi connectivity index (χ4n) is 1.95. The molecule has 19 heavy (non-hydrogen) atoms. The number of hydrogen-bond donors (Lipinski definition) is 1. The lowest BCUT2D eigenvalue weighted by atomic mass is 10.1. The van der Waals surface area contributed by atoms with Crippen LogP contribution >= 0.6 is 0 Å². The fraction of sp³-hybridized carbons (Fsp3) is 0.600. The van der Waals surface area contributed by atoms with Crippen molar-refractivity contribution in [2.24, 2.45) is 0 Å². The molecular formula is C15H23F2NO. The molecule has 0 aliphatic rings. The Morgan fingerprint density at radius 3 is 2.37 bits per heavy atom. The van der Waals surface area contributed by atoms with E-state index in [9.17, 15) is 8.78 Å². The predicted octanol–water partition coefficient (Wildman–Crippen LogP) is 4.35. The third kappa shape index (κ3) is 6.53. The Hall–Kier alpha value is -1.16. The zero-order chi connectivity index (χ0) is 14.1. The molecule has 2 nitrogen and oxygen atoms in total. The first kappa shape index (κ1) is 15.9. The molecule has 4 heteroatoms. The Morgan fingerprint density at radius 2 is 1.84 bits per heavy atom. The monoisotopic (exact) mass is 271 g/mol. The van der Waals surface area contributed by atoms with Crippen LogP contribution in [-0.4, -0.2) is 12.7 Å². The number of hydrogen-bond acceptors (Lipinski definition) is 2. The van der Waals surface area contributed by atoms with Gasteiger partial charge in [0.15, 0.2) is 0 Å². The molecular weight excluding hydrogens is 248 g/mol. The molecule has 0 saturated heterocycles. The Balaban J connectivity index is 2.39. The van der Waals surface area contributed by atoms with Crippen molar-refractivity contribution in [3.05, 3.63) is 29.8 Å². The maximum atomic E-state index is 12.0. The van der Waals surface area contributed by atoms with Crippen LogP contribution in [0.4, 0.5) is 8.78 Å². The lowest BCUT2D eigenvalue weighted by Crippen LogP contribution is -2.27. The second-order valence-electron chi connectivity index (χ2n) is 4.65. The van der Waals surface area contributed by atoms with E-state index in [1.54, 1.807) is 12.1 Å². The molecule has 0 amide bonds. The van der Waals surface area contributed by atoms with Gasteiger partial charge in [-0.3, -0.25) is 0 Å². The molecule has 108 valence electrons. The van der Waals surface area contributed by atoms with Crippen LogP contribution in [0.2, 0.25) is 0 Å².